The van der Waals surface area contributed by atoms with E-state index in [1.807, 2.05) is 30.3 Å². The van der Waals surface area contributed by atoms with E-state index in [1.54, 1.807) is 13.0 Å². The normalized spacial score (nSPS) is 12.1. The van der Waals surface area contributed by atoms with Crippen LogP contribution in [0.3, 0.4) is 0 Å². The van der Waals surface area contributed by atoms with Crippen LogP contribution in [0.15, 0.2) is 237 Å². The number of hydrogen-bond donors (Lipinski definition) is 0. The zero-order valence-electron chi connectivity index (χ0n) is 41.4. The van der Waals surface area contributed by atoms with Crippen molar-refractivity contribution in [1.29, 1.82) is 0 Å². The third kappa shape index (κ3) is 6.47. The Bertz CT molecular complexity index is 4990. The molecule has 0 radical (unpaired) electrons. The molecule has 15 aromatic rings. The van der Waals surface area contributed by atoms with Crippen LogP contribution in [0.4, 0.5) is 18.9 Å². The molecule has 4 heterocycles. The summed E-state index contributed by atoms with van der Waals surface area (Å²) in [6.07, 6.45) is -4.50. The molecule has 0 N–H and O–H groups in total. The molecule has 15 rings (SSSR count). The second-order valence-electron chi connectivity index (χ2n) is 19.8. The minimum absolute atomic E-state index is 0.433. The Morgan fingerprint density at radius 2 is 0.857 bits per heavy atom. The summed E-state index contributed by atoms with van der Waals surface area (Å²) in [5.74, 6) is 0. The monoisotopic (exact) mass is 997 g/mol. The number of para-hydroxylation sites is 6. The van der Waals surface area contributed by atoms with Gasteiger partial charge in [-0.15, -0.1) is 0 Å². The second-order valence-corrected chi connectivity index (χ2v) is 19.8. The summed E-state index contributed by atoms with van der Waals surface area (Å²) in [5.41, 5.74) is 15.0. The van der Waals surface area contributed by atoms with Crippen molar-refractivity contribution in [1.82, 2.24) is 18.3 Å². The quantitative estimate of drug-likeness (QED) is 0.148. The van der Waals surface area contributed by atoms with E-state index in [4.69, 9.17) is 6.57 Å². The van der Waals surface area contributed by atoms with E-state index in [0.717, 1.165) is 127 Å². The minimum atomic E-state index is -4.50. The average molecular weight is 998 g/mol. The molecular formula is C69H42F3N5. The Morgan fingerprint density at radius 1 is 0.377 bits per heavy atom. The highest BCUT2D eigenvalue weighted by Gasteiger charge is 2.31. The van der Waals surface area contributed by atoms with Crippen molar-refractivity contribution in [2.75, 3.05) is 0 Å². The van der Waals surface area contributed by atoms with Gasteiger partial charge in [-0.05, 0) is 120 Å². The van der Waals surface area contributed by atoms with Crippen LogP contribution in [0.5, 0.6) is 0 Å². The molecule has 0 atom stereocenters. The van der Waals surface area contributed by atoms with Gasteiger partial charge in [-0.3, -0.25) is 0 Å². The van der Waals surface area contributed by atoms with Gasteiger partial charge in [0, 0.05) is 65.7 Å². The van der Waals surface area contributed by atoms with Gasteiger partial charge in [0.2, 0.25) is 0 Å². The van der Waals surface area contributed by atoms with Gasteiger partial charge in [-0.2, -0.15) is 13.2 Å². The smallest absolute Gasteiger partial charge is 0.310 e. The van der Waals surface area contributed by atoms with Crippen LogP contribution >= 0.6 is 0 Å². The van der Waals surface area contributed by atoms with Crippen LogP contribution in [0.2, 0.25) is 0 Å². The summed E-state index contributed by atoms with van der Waals surface area (Å²) >= 11 is 0. The van der Waals surface area contributed by atoms with Gasteiger partial charge in [0.15, 0.2) is 5.69 Å². The first-order valence-corrected chi connectivity index (χ1v) is 25.6. The van der Waals surface area contributed by atoms with Crippen molar-refractivity contribution in [3.05, 3.63) is 259 Å². The number of alkyl halides is 3. The molecule has 0 aliphatic carbocycles. The third-order valence-electron chi connectivity index (χ3n) is 15.7. The first kappa shape index (κ1) is 44.4. The minimum Gasteiger partial charge on any atom is -0.310 e. The average Bonchev–Trinajstić information content (AvgIpc) is 4.22. The molecule has 0 saturated carbocycles. The van der Waals surface area contributed by atoms with E-state index in [0.29, 0.717) is 22.4 Å². The highest BCUT2D eigenvalue weighted by molar-refractivity contribution is 6.28. The first-order chi connectivity index (χ1) is 37.8. The molecule has 0 saturated heterocycles. The number of halogens is 3. The van der Waals surface area contributed by atoms with Gasteiger partial charge < -0.3 is 18.3 Å². The summed E-state index contributed by atoms with van der Waals surface area (Å²) in [6, 6.07) is 79.9. The number of hydrogen-bond acceptors (Lipinski definition) is 0. The topological polar surface area (TPSA) is 24.1 Å². The summed E-state index contributed by atoms with van der Waals surface area (Å²) < 4.78 is 52.0. The highest BCUT2D eigenvalue weighted by atomic mass is 19.4. The standard InChI is InChI=1S/C69H42F3N5/c1-42-40-44(69(70,71)72)33-34-47(42)43-32-37-60(76-58-29-15-11-24-52(58)65-62(76)38-35-50-48-22-9-13-27-56(48)74(67(50)65)45-18-5-3-6-19-45)54(41-43)64-55(73-2)26-17-31-61(64)77-59-30-16-12-25-53(59)66-63(77)39-36-51-49-23-10-14-28-57(49)75(68(51)66)46-20-7-4-8-21-46/h3-41H,1H3. The molecule has 4 aromatic heterocycles. The van der Waals surface area contributed by atoms with E-state index >= 15 is 0 Å². The lowest BCUT2D eigenvalue weighted by atomic mass is 9.92. The molecule has 0 bridgehead atoms. The van der Waals surface area contributed by atoms with Crippen molar-refractivity contribution >= 4 is 92.9 Å². The van der Waals surface area contributed by atoms with Gasteiger partial charge in [0.1, 0.15) is 0 Å². The summed E-state index contributed by atoms with van der Waals surface area (Å²) in [6.45, 7) is 10.7. The van der Waals surface area contributed by atoms with Crippen LogP contribution < -0.4 is 0 Å². The number of nitrogens with zero attached hydrogens (tertiary/aromatic N) is 5. The van der Waals surface area contributed by atoms with Crippen molar-refractivity contribution in [2.24, 2.45) is 0 Å². The van der Waals surface area contributed by atoms with Crippen molar-refractivity contribution in [3.8, 4) is 45.0 Å². The fourth-order valence-electron chi connectivity index (χ4n) is 12.6. The number of benzene rings is 11. The Labute approximate surface area is 439 Å². The van der Waals surface area contributed by atoms with Crippen LogP contribution in [-0.2, 0) is 6.18 Å². The van der Waals surface area contributed by atoms with Crippen molar-refractivity contribution in [3.63, 3.8) is 0 Å². The fourth-order valence-corrected chi connectivity index (χ4v) is 12.6. The Morgan fingerprint density at radius 3 is 1.36 bits per heavy atom. The highest BCUT2D eigenvalue weighted by Crippen LogP contribution is 2.49. The van der Waals surface area contributed by atoms with Crippen LogP contribution in [0.25, 0.3) is 137 Å². The molecule has 0 spiro atoms. The molecule has 0 aliphatic heterocycles. The molecule has 0 aliphatic rings. The number of aryl methyl sites for hydroxylation is 1. The molecule has 0 fully saturated rings. The van der Waals surface area contributed by atoms with Crippen LogP contribution in [0.1, 0.15) is 11.1 Å². The second kappa shape index (κ2) is 16.7. The lowest BCUT2D eigenvalue weighted by Crippen LogP contribution is -2.05. The zero-order valence-corrected chi connectivity index (χ0v) is 41.4. The lowest BCUT2D eigenvalue weighted by Gasteiger charge is -2.21. The zero-order chi connectivity index (χ0) is 51.7. The number of fused-ring (bicyclic) bond motifs is 14. The summed E-state index contributed by atoms with van der Waals surface area (Å²) in [7, 11) is 0. The molecule has 77 heavy (non-hydrogen) atoms. The van der Waals surface area contributed by atoms with E-state index in [2.05, 4.69) is 211 Å². The Kier molecular flexibility index (Phi) is 9.63. The van der Waals surface area contributed by atoms with Gasteiger partial charge in [0.05, 0.1) is 62.0 Å². The summed E-state index contributed by atoms with van der Waals surface area (Å²) in [5, 5.41) is 8.81. The molecule has 5 nitrogen and oxygen atoms in total. The maximum atomic E-state index is 14.2. The van der Waals surface area contributed by atoms with Gasteiger partial charge >= 0.3 is 6.18 Å². The summed E-state index contributed by atoms with van der Waals surface area (Å²) in [4.78, 5) is 4.32. The predicted octanol–water partition coefficient (Wildman–Crippen LogP) is 19.3. The van der Waals surface area contributed by atoms with Gasteiger partial charge in [-0.25, -0.2) is 4.85 Å². The third-order valence-corrected chi connectivity index (χ3v) is 15.7. The van der Waals surface area contributed by atoms with Gasteiger partial charge in [0.25, 0.3) is 0 Å². The Balaban J connectivity index is 1.08. The molecule has 0 amide bonds. The number of aromatic nitrogens is 4. The van der Waals surface area contributed by atoms with E-state index in [-0.39, 0.29) is 0 Å². The fraction of sp³-hybridized carbons (Fsp3) is 0.0290. The van der Waals surface area contributed by atoms with E-state index in [1.165, 1.54) is 6.07 Å². The molecule has 8 heteroatoms. The molecule has 11 aromatic carbocycles. The SMILES string of the molecule is [C-]#[N+]c1cccc(-n2c3ccccc3c3c2ccc2c4ccccc4n(-c4ccccc4)c23)c1-c1cc(-c2ccc(C(F)(F)F)cc2C)ccc1-n1c2ccccc2c2c1ccc1c3ccccc3n(-c3ccccc3)c12. The largest absolute Gasteiger partial charge is 0.416 e. The van der Waals surface area contributed by atoms with Crippen LogP contribution in [-0.4, -0.2) is 18.3 Å². The predicted molar refractivity (Wildman–Crippen MR) is 311 cm³/mol. The van der Waals surface area contributed by atoms with E-state index < -0.39 is 11.7 Å². The molecule has 0 unspecified atom stereocenters. The Hall–Kier alpha value is -10.1. The van der Waals surface area contributed by atoms with Crippen LogP contribution in [0, 0.1) is 13.5 Å². The van der Waals surface area contributed by atoms with Crippen molar-refractivity contribution in [2.45, 2.75) is 13.1 Å². The molecular weight excluding hydrogens is 956 g/mol. The number of rotatable bonds is 6. The van der Waals surface area contributed by atoms with E-state index in [9.17, 15) is 13.2 Å². The maximum Gasteiger partial charge on any atom is 0.416 e. The maximum absolute atomic E-state index is 14.2. The van der Waals surface area contributed by atoms with Crippen molar-refractivity contribution < 1.29 is 13.2 Å². The van der Waals surface area contributed by atoms with Gasteiger partial charge in [-0.1, -0.05) is 146 Å². The lowest BCUT2D eigenvalue weighted by molar-refractivity contribution is -0.137. The first-order valence-electron chi connectivity index (χ1n) is 25.6. The molecule has 364 valence electrons.